The molecule has 3 aliphatic rings. The molecule has 126 valence electrons. The second-order valence-electron chi connectivity index (χ2n) is 6.27. The second-order valence-corrected chi connectivity index (χ2v) is 6.27. The fraction of sp³-hybridized carbons (Fsp3) is 0.444. The summed E-state index contributed by atoms with van der Waals surface area (Å²) < 4.78 is 11.3. The van der Waals surface area contributed by atoms with Crippen LogP contribution >= 0.6 is 0 Å². The molecule has 0 aliphatic carbocycles. The van der Waals surface area contributed by atoms with Crippen LogP contribution in [0.4, 0.5) is 0 Å². The quantitative estimate of drug-likeness (QED) is 0.609. The SMILES string of the molecule is CO[C@H]1C(=O)N2C/C=C\CCN3C(=O)[C@H](Oc4ccccc4)[C@@H]3[C@@H]12. The fourth-order valence-corrected chi connectivity index (χ4v) is 3.80. The number of nitrogens with zero attached hydrogens (tertiary/aromatic N) is 2. The van der Waals surface area contributed by atoms with Crippen molar-refractivity contribution in [3.8, 4) is 5.75 Å². The van der Waals surface area contributed by atoms with E-state index in [0.717, 1.165) is 6.42 Å². The molecular formula is C18H20N2O4. The highest BCUT2D eigenvalue weighted by Gasteiger charge is 2.62. The summed E-state index contributed by atoms with van der Waals surface area (Å²) >= 11 is 0. The number of carbonyl (C=O) groups is 2. The minimum absolute atomic E-state index is 0.0201. The van der Waals surface area contributed by atoms with Crippen LogP contribution in [0.3, 0.4) is 0 Å². The van der Waals surface area contributed by atoms with Crippen molar-refractivity contribution in [3.05, 3.63) is 42.5 Å². The molecular weight excluding hydrogens is 308 g/mol. The van der Waals surface area contributed by atoms with Gasteiger partial charge in [0.2, 0.25) is 0 Å². The van der Waals surface area contributed by atoms with E-state index >= 15 is 0 Å². The molecule has 2 fully saturated rings. The lowest BCUT2D eigenvalue weighted by molar-refractivity contribution is -0.197. The van der Waals surface area contributed by atoms with Crippen molar-refractivity contribution in [1.29, 1.82) is 0 Å². The van der Waals surface area contributed by atoms with Gasteiger partial charge in [-0.1, -0.05) is 30.4 Å². The Morgan fingerprint density at radius 3 is 2.42 bits per heavy atom. The van der Waals surface area contributed by atoms with Gasteiger partial charge in [-0.2, -0.15) is 0 Å². The minimum atomic E-state index is -0.566. The molecule has 4 rings (SSSR count). The molecule has 6 heteroatoms. The third-order valence-corrected chi connectivity index (χ3v) is 5.01. The maximum absolute atomic E-state index is 12.6. The third kappa shape index (κ3) is 2.21. The monoisotopic (exact) mass is 328 g/mol. The first-order valence-electron chi connectivity index (χ1n) is 8.23. The van der Waals surface area contributed by atoms with Crippen LogP contribution in [0.25, 0.3) is 0 Å². The zero-order valence-corrected chi connectivity index (χ0v) is 13.5. The van der Waals surface area contributed by atoms with Crippen LogP contribution in [0.5, 0.6) is 5.75 Å². The zero-order valence-electron chi connectivity index (χ0n) is 13.5. The number of hydrogen-bond acceptors (Lipinski definition) is 4. The van der Waals surface area contributed by atoms with Gasteiger partial charge in [-0.05, 0) is 18.6 Å². The number of β-lactam (4-membered cyclic amide) rings is 2. The number of methoxy groups -OCH3 is 1. The molecule has 24 heavy (non-hydrogen) atoms. The van der Waals surface area contributed by atoms with E-state index in [9.17, 15) is 9.59 Å². The smallest absolute Gasteiger partial charge is 0.266 e. The van der Waals surface area contributed by atoms with E-state index in [1.807, 2.05) is 47.4 Å². The van der Waals surface area contributed by atoms with Crippen molar-refractivity contribution in [1.82, 2.24) is 9.80 Å². The van der Waals surface area contributed by atoms with Gasteiger partial charge in [0.25, 0.3) is 11.8 Å². The summed E-state index contributed by atoms with van der Waals surface area (Å²) in [6.45, 7) is 1.20. The Bertz CT molecular complexity index is 675. The molecule has 3 aliphatic heterocycles. The lowest BCUT2D eigenvalue weighted by atomic mass is 9.81. The van der Waals surface area contributed by atoms with Crippen molar-refractivity contribution in [3.63, 3.8) is 0 Å². The third-order valence-electron chi connectivity index (χ3n) is 5.01. The van der Waals surface area contributed by atoms with Crippen LogP contribution in [0.15, 0.2) is 42.5 Å². The average molecular weight is 328 g/mol. The first kappa shape index (κ1) is 15.2. The molecule has 0 radical (unpaired) electrons. The van der Waals surface area contributed by atoms with Crippen LogP contribution in [-0.2, 0) is 14.3 Å². The Kier molecular flexibility index (Phi) is 3.76. The topological polar surface area (TPSA) is 59.1 Å². The van der Waals surface area contributed by atoms with Crippen molar-refractivity contribution in [2.45, 2.75) is 30.7 Å². The number of carbonyl (C=O) groups excluding carboxylic acids is 2. The molecule has 4 atom stereocenters. The van der Waals surface area contributed by atoms with E-state index in [0.29, 0.717) is 18.8 Å². The first-order chi connectivity index (χ1) is 11.7. The fourth-order valence-electron chi connectivity index (χ4n) is 3.80. The summed E-state index contributed by atoms with van der Waals surface area (Å²) in [7, 11) is 1.54. The molecule has 0 unspecified atom stereocenters. The molecule has 2 saturated heterocycles. The average Bonchev–Trinajstić information content (AvgIpc) is 2.68. The Morgan fingerprint density at radius 1 is 0.958 bits per heavy atom. The second kappa shape index (κ2) is 5.94. The number of fused-ring (bicyclic) bond motifs is 3. The molecule has 1 aromatic rings. The van der Waals surface area contributed by atoms with Gasteiger partial charge in [0.05, 0.1) is 6.04 Å². The summed E-state index contributed by atoms with van der Waals surface area (Å²) in [6, 6.07) is 9.01. The van der Waals surface area contributed by atoms with Gasteiger partial charge in [-0.15, -0.1) is 0 Å². The predicted octanol–water partition coefficient (Wildman–Crippen LogP) is 0.830. The highest BCUT2D eigenvalue weighted by molar-refractivity contribution is 5.94. The highest BCUT2D eigenvalue weighted by Crippen LogP contribution is 2.37. The largest absolute Gasteiger partial charge is 0.478 e. The van der Waals surface area contributed by atoms with Crippen molar-refractivity contribution in [2.75, 3.05) is 20.2 Å². The number of benzene rings is 1. The standard InChI is InChI=1S/C18H20N2O4/c1-23-15-13-14-16(24-12-8-4-2-5-9-12)18(22)20(14)11-7-3-6-10-19(13)17(15)21/h2-6,8-9,13-16H,7,10-11H2,1H3/b6-3-/t13-,14-,15+,16+/m0/s1. The van der Waals surface area contributed by atoms with Crippen LogP contribution in [-0.4, -0.2) is 66.1 Å². The number of amides is 2. The zero-order chi connectivity index (χ0) is 16.7. The molecule has 2 amide bonds. The number of para-hydroxylation sites is 1. The van der Waals surface area contributed by atoms with E-state index < -0.39 is 12.2 Å². The van der Waals surface area contributed by atoms with Gasteiger partial charge < -0.3 is 19.3 Å². The summed E-state index contributed by atoms with van der Waals surface area (Å²) in [5.41, 5.74) is 0. The molecule has 6 nitrogen and oxygen atoms in total. The van der Waals surface area contributed by atoms with Crippen molar-refractivity contribution >= 4 is 11.8 Å². The van der Waals surface area contributed by atoms with Gasteiger partial charge >= 0.3 is 0 Å². The molecule has 0 saturated carbocycles. The lowest BCUT2D eigenvalue weighted by Gasteiger charge is -2.57. The molecule has 0 N–H and O–H groups in total. The predicted molar refractivity (Wildman–Crippen MR) is 86.4 cm³/mol. The van der Waals surface area contributed by atoms with E-state index in [1.165, 1.54) is 0 Å². The van der Waals surface area contributed by atoms with E-state index in [4.69, 9.17) is 9.47 Å². The van der Waals surface area contributed by atoms with Gasteiger partial charge in [0.15, 0.2) is 12.2 Å². The maximum atomic E-state index is 12.6. The number of rotatable bonds is 3. The molecule has 0 aromatic heterocycles. The first-order valence-corrected chi connectivity index (χ1v) is 8.23. The number of ether oxygens (including phenoxy) is 2. The number of hydrogen-bond donors (Lipinski definition) is 0. The Labute approximate surface area is 140 Å². The summed E-state index contributed by atoms with van der Waals surface area (Å²) in [4.78, 5) is 28.4. The molecule has 3 heterocycles. The van der Waals surface area contributed by atoms with Crippen LogP contribution in [0, 0.1) is 0 Å². The Morgan fingerprint density at radius 2 is 1.67 bits per heavy atom. The lowest BCUT2D eigenvalue weighted by Crippen LogP contribution is -2.81. The summed E-state index contributed by atoms with van der Waals surface area (Å²) in [6.07, 6.45) is 3.72. The molecule has 1 aromatic carbocycles. The van der Waals surface area contributed by atoms with Crippen LogP contribution in [0.1, 0.15) is 6.42 Å². The van der Waals surface area contributed by atoms with Crippen molar-refractivity contribution < 1.29 is 19.1 Å². The molecule has 0 spiro atoms. The van der Waals surface area contributed by atoms with E-state index in [1.54, 1.807) is 12.0 Å². The maximum Gasteiger partial charge on any atom is 0.266 e. The van der Waals surface area contributed by atoms with Gasteiger partial charge in [0, 0.05) is 20.2 Å². The van der Waals surface area contributed by atoms with E-state index in [-0.39, 0.29) is 23.9 Å². The van der Waals surface area contributed by atoms with Crippen molar-refractivity contribution in [2.24, 2.45) is 0 Å². The summed E-state index contributed by atoms with van der Waals surface area (Å²) in [5.74, 6) is 0.625. The summed E-state index contributed by atoms with van der Waals surface area (Å²) in [5, 5.41) is 0. The van der Waals surface area contributed by atoms with Crippen LogP contribution in [0.2, 0.25) is 0 Å². The highest BCUT2D eigenvalue weighted by atomic mass is 16.5. The van der Waals surface area contributed by atoms with Crippen LogP contribution < -0.4 is 4.74 Å². The van der Waals surface area contributed by atoms with Gasteiger partial charge in [0.1, 0.15) is 11.8 Å². The minimum Gasteiger partial charge on any atom is -0.478 e. The van der Waals surface area contributed by atoms with Gasteiger partial charge in [-0.3, -0.25) is 9.59 Å². The molecule has 0 bridgehead atoms. The van der Waals surface area contributed by atoms with E-state index in [2.05, 4.69) is 0 Å². The normalized spacial score (nSPS) is 33.2. The Balaban J connectivity index is 1.61. The van der Waals surface area contributed by atoms with Gasteiger partial charge in [-0.25, -0.2) is 0 Å². The Hall–Kier alpha value is -2.34.